The van der Waals surface area contributed by atoms with Gasteiger partial charge in [0.25, 0.3) is 5.91 Å². The largest absolute Gasteiger partial charge is 0.348 e. The molecule has 1 aromatic carbocycles. The van der Waals surface area contributed by atoms with Gasteiger partial charge in [-0.05, 0) is 30.7 Å². The molecule has 100 valence electrons. The lowest BCUT2D eigenvalue weighted by atomic mass is 10.2. The molecule has 0 radical (unpaired) electrons. The Bertz CT molecular complexity index is 575. The van der Waals surface area contributed by atoms with E-state index in [-0.39, 0.29) is 5.91 Å². The van der Waals surface area contributed by atoms with E-state index in [1.807, 2.05) is 25.4 Å². The zero-order valence-electron chi connectivity index (χ0n) is 11.0. The van der Waals surface area contributed by atoms with Gasteiger partial charge in [-0.2, -0.15) is 5.10 Å². The summed E-state index contributed by atoms with van der Waals surface area (Å²) < 4.78 is 2.74. The molecule has 19 heavy (non-hydrogen) atoms. The highest BCUT2D eigenvalue weighted by molar-refractivity contribution is 9.10. The maximum atomic E-state index is 12.0. The van der Waals surface area contributed by atoms with Crippen molar-refractivity contribution in [1.82, 2.24) is 15.1 Å². The summed E-state index contributed by atoms with van der Waals surface area (Å²) in [6.45, 7) is 2.56. The molecule has 4 nitrogen and oxygen atoms in total. The van der Waals surface area contributed by atoms with Crippen LogP contribution in [-0.4, -0.2) is 15.7 Å². The lowest BCUT2D eigenvalue weighted by Gasteiger charge is -2.05. The first-order chi connectivity index (χ1) is 9.10. The smallest absolute Gasteiger partial charge is 0.251 e. The molecule has 1 N–H and O–H groups in total. The monoisotopic (exact) mass is 321 g/mol. The molecular weight excluding hydrogens is 306 g/mol. The molecule has 0 spiro atoms. The lowest BCUT2D eigenvalue weighted by Crippen LogP contribution is -2.23. The minimum absolute atomic E-state index is 0.0709. The summed E-state index contributed by atoms with van der Waals surface area (Å²) in [5.74, 6) is -0.0709. The molecule has 2 aromatic rings. The van der Waals surface area contributed by atoms with Gasteiger partial charge in [-0.1, -0.05) is 22.9 Å². The van der Waals surface area contributed by atoms with Gasteiger partial charge >= 0.3 is 0 Å². The van der Waals surface area contributed by atoms with Crippen LogP contribution in [0.2, 0.25) is 0 Å². The number of halogens is 1. The molecule has 1 amide bonds. The van der Waals surface area contributed by atoms with E-state index in [1.165, 1.54) is 0 Å². The predicted octanol–water partition coefficient (Wildman–Crippen LogP) is 2.68. The van der Waals surface area contributed by atoms with Gasteiger partial charge in [0.1, 0.15) is 0 Å². The Kier molecular flexibility index (Phi) is 4.37. The Morgan fingerprint density at radius 1 is 1.37 bits per heavy atom. The van der Waals surface area contributed by atoms with Crippen molar-refractivity contribution in [2.45, 2.75) is 19.9 Å². The zero-order chi connectivity index (χ0) is 13.8. The van der Waals surface area contributed by atoms with E-state index < -0.39 is 0 Å². The van der Waals surface area contributed by atoms with Gasteiger partial charge in [-0.15, -0.1) is 0 Å². The number of hydrogen-bond donors (Lipinski definition) is 1. The van der Waals surface area contributed by atoms with Gasteiger partial charge in [-0.25, -0.2) is 0 Å². The van der Waals surface area contributed by atoms with E-state index in [4.69, 9.17) is 0 Å². The van der Waals surface area contributed by atoms with Gasteiger partial charge in [-0.3, -0.25) is 9.48 Å². The molecule has 0 aliphatic carbocycles. The molecule has 0 atom stereocenters. The molecule has 0 aliphatic heterocycles. The molecule has 5 heteroatoms. The predicted molar refractivity (Wildman–Crippen MR) is 77.9 cm³/mol. The van der Waals surface area contributed by atoms with Gasteiger partial charge < -0.3 is 5.32 Å². The number of carbonyl (C=O) groups is 1. The quantitative estimate of drug-likeness (QED) is 0.941. The van der Waals surface area contributed by atoms with Gasteiger partial charge in [0.05, 0.1) is 5.69 Å². The standard InChI is InChI=1S/C14H16BrN3O/c1-3-13-11(9-18(2)17-13)8-16-14(19)10-4-6-12(15)7-5-10/h4-7,9H,3,8H2,1-2H3,(H,16,19). The first-order valence-corrected chi connectivity index (χ1v) is 6.94. The van der Waals surface area contributed by atoms with Crippen molar-refractivity contribution in [3.63, 3.8) is 0 Å². The fourth-order valence-electron chi connectivity index (χ4n) is 1.91. The molecule has 0 unspecified atom stereocenters. The number of amides is 1. The highest BCUT2D eigenvalue weighted by atomic mass is 79.9. The number of aryl methyl sites for hydroxylation is 2. The maximum Gasteiger partial charge on any atom is 0.251 e. The number of benzene rings is 1. The van der Waals surface area contributed by atoms with Gasteiger partial charge in [0, 0.05) is 35.4 Å². The summed E-state index contributed by atoms with van der Waals surface area (Å²) in [6, 6.07) is 7.31. The Labute approximate surface area is 120 Å². The van der Waals surface area contributed by atoms with E-state index in [0.29, 0.717) is 12.1 Å². The van der Waals surface area contributed by atoms with Crippen molar-refractivity contribution in [3.8, 4) is 0 Å². The van der Waals surface area contributed by atoms with E-state index in [2.05, 4.69) is 33.3 Å². The van der Waals surface area contributed by atoms with E-state index in [9.17, 15) is 4.79 Å². The van der Waals surface area contributed by atoms with Crippen molar-refractivity contribution in [2.75, 3.05) is 0 Å². The van der Waals surface area contributed by atoms with E-state index in [0.717, 1.165) is 22.2 Å². The van der Waals surface area contributed by atoms with Crippen molar-refractivity contribution < 1.29 is 4.79 Å². The third-order valence-corrected chi connectivity index (χ3v) is 3.40. The second-order valence-corrected chi connectivity index (χ2v) is 5.23. The van der Waals surface area contributed by atoms with Crippen LogP contribution in [0.15, 0.2) is 34.9 Å². The third-order valence-electron chi connectivity index (χ3n) is 2.87. The fraction of sp³-hybridized carbons (Fsp3) is 0.286. The minimum atomic E-state index is -0.0709. The Morgan fingerprint density at radius 3 is 2.68 bits per heavy atom. The van der Waals surface area contributed by atoms with Crippen LogP contribution in [0.3, 0.4) is 0 Å². The number of rotatable bonds is 4. The van der Waals surface area contributed by atoms with Crippen LogP contribution in [0, 0.1) is 0 Å². The summed E-state index contributed by atoms with van der Waals surface area (Å²) in [6.07, 6.45) is 2.81. The van der Waals surface area contributed by atoms with Crippen LogP contribution in [-0.2, 0) is 20.0 Å². The number of hydrogen-bond acceptors (Lipinski definition) is 2. The SMILES string of the molecule is CCc1nn(C)cc1CNC(=O)c1ccc(Br)cc1. The van der Waals surface area contributed by atoms with Crippen LogP contribution in [0.1, 0.15) is 28.5 Å². The zero-order valence-corrected chi connectivity index (χ0v) is 12.6. The fourth-order valence-corrected chi connectivity index (χ4v) is 2.17. The summed E-state index contributed by atoms with van der Waals surface area (Å²) in [7, 11) is 1.89. The normalized spacial score (nSPS) is 10.5. The van der Waals surface area contributed by atoms with Gasteiger partial charge in [0.15, 0.2) is 0 Å². The van der Waals surface area contributed by atoms with Crippen LogP contribution in [0.25, 0.3) is 0 Å². The lowest BCUT2D eigenvalue weighted by molar-refractivity contribution is 0.0951. The van der Waals surface area contributed by atoms with Crippen LogP contribution >= 0.6 is 15.9 Å². The Balaban J connectivity index is 2.02. The molecule has 0 aliphatic rings. The van der Waals surface area contributed by atoms with Crippen LogP contribution < -0.4 is 5.32 Å². The summed E-state index contributed by atoms with van der Waals surface area (Å²) in [5.41, 5.74) is 2.75. The van der Waals surface area contributed by atoms with Crippen molar-refractivity contribution >= 4 is 21.8 Å². The average molecular weight is 322 g/mol. The number of nitrogens with one attached hydrogen (secondary N) is 1. The molecule has 1 heterocycles. The van der Waals surface area contributed by atoms with Crippen molar-refractivity contribution in [3.05, 3.63) is 51.8 Å². The second kappa shape index (κ2) is 6.02. The van der Waals surface area contributed by atoms with Crippen molar-refractivity contribution in [2.24, 2.45) is 7.05 Å². The minimum Gasteiger partial charge on any atom is -0.348 e. The van der Waals surface area contributed by atoms with Crippen LogP contribution in [0.4, 0.5) is 0 Å². The van der Waals surface area contributed by atoms with E-state index in [1.54, 1.807) is 16.8 Å². The van der Waals surface area contributed by atoms with Crippen LogP contribution in [0.5, 0.6) is 0 Å². The molecule has 0 fully saturated rings. The molecule has 2 rings (SSSR count). The second-order valence-electron chi connectivity index (χ2n) is 4.32. The number of nitrogens with zero attached hydrogens (tertiary/aromatic N) is 2. The molecule has 0 saturated carbocycles. The average Bonchev–Trinajstić information content (AvgIpc) is 2.77. The highest BCUT2D eigenvalue weighted by Crippen LogP contribution is 2.11. The highest BCUT2D eigenvalue weighted by Gasteiger charge is 2.09. The number of carbonyl (C=O) groups excluding carboxylic acids is 1. The first-order valence-electron chi connectivity index (χ1n) is 6.15. The molecular formula is C14H16BrN3O. The maximum absolute atomic E-state index is 12.0. The van der Waals surface area contributed by atoms with Gasteiger partial charge in [0.2, 0.25) is 0 Å². The van der Waals surface area contributed by atoms with E-state index >= 15 is 0 Å². The molecule has 0 saturated heterocycles. The molecule has 1 aromatic heterocycles. The summed E-state index contributed by atoms with van der Waals surface area (Å²) in [4.78, 5) is 12.0. The summed E-state index contributed by atoms with van der Waals surface area (Å²) in [5, 5.41) is 7.27. The molecule has 0 bridgehead atoms. The van der Waals surface area contributed by atoms with Crippen molar-refractivity contribution in [1.29, 1.82) is 0 Å². The first kappa shape index (κ1) is 13.8. The summed E-state index contributed by atoms with van der Waals surface area (Å²) >= 11 is 3.35. The number of aromatic nitrogens is 2. The third kappa shape index (κ3) is 3.44. The topological polar surface area (TPSA) is 46.9 Å². The Hall–Kier alpha value is -1.62. The Morgan fingerprint density at radius 2 is 2.05 bits per heavy atom.